The van der Waals surface area contributed by atoms with Gasteiger partial charge < -0.3 is 15.1 Å². The Hall–Kier alpha value is -1.42. The topological polar surface area (TPSA) is 64.1 Å². The van der Waals surface area contributed by atoms with Gasteiger partial charge in [0, 0.05) is 64.8 Å². The minimum Gasteiger partial charge on any atom is -0.356 e. The molecule has 0 aromatic carbocycles. The maximum Gasteiger partial charge on any atom is 0.236 e. The minimum atomic E-state index is 0. The van der Waals surface area contributed by atoms with Crippen molar-refractivity contribution >= 4 is 35.8 Å². The summed E-state index contributed by atoms with van der Waals surface area (Å²) < 4.78 is 0. The van der Waals surface area contributed by atoms with Crippen LogP contribution in [0.25, 0.3) is 0 Å². The highest BCUT2D eigenvalue weighted by molar-refractivity contribution is 14.0. The Kier molecular flexibility index (Phi) is 10.5. The predicted molar refractivity (Wildman–Crippen MR) is 137 cm³/mol. The zero-order valence-corrected chi connectivity index (χ0v) is 21.8. The molecule has 8 heteroatoms. The van der Waals surface area contributed by atoms with Crippen LogP contribution < -0.4 is 5.32 Å². The van der Waals surface area contributed by atoms with E-state index >= 15 is 0 Å². The van der Waals surface area contributed by atoms with Crippen LogP contribution in [0.1, 0.15) is 31.5 Å². The van der Waals surface area contributed by atoms with Crippen LogP contribution in [0, 0.1) is 18.8 Å². The first-order valence-electron chi connectivity index (χ1n) is 11.3. The SMILES string of the molecule is CN=C(NCCc1ccc(C)nc1)N1CCN(CC(=O)N2CC(C)CC(C)C2)CC1.I. The van der Waals surface area contributed by atoms with Crippen LogP contribution >= 0.6 is 24.0 Å². The summed E-state index contributed by atoms with van der Waals surface area (Å²) in [5.41, 5.74) is 2.27. The van der Waals surface area contributed by atoms with Crippen molar-refractivity contribution < 1.29 is 4.79 Å². The van der Waals surface area contributed by atoms with Crippen molar-refractivity contribution in [3.8, 4) is 0 Å². The zero-order chi connectivity index (χ0) is 21.5. The molecule has 3 rings (SSSR count). The van der Waals surface area contributed by atoms with E-state index in [9.17, 15) is 4.79 Å². The number of halogens is 1. The van der Waals surface area contributed by atoms with Crippen LogP contribution in [-0.4, -0.2) is 91.0 Å². The molecule has 2 saturated heterocycles. The van der Waals surface area contributed by atoms with Gasteiger partial charge in [0.25, 0.3) is 0 Å². The predicted octanol–water partition coefficient (Wildman–Crippen LogP) is 2.25. The van der Waals surface area contributed by atoms with E-state index in [0.29, 0.717) is 18.4 Å². The highest BCUT2D eigenvalue weighted by Crippen LogP contribution is 2.21. The molecular weight excluding hydrogens is 503 g/mol. The molecule has 7 nitrogen and oxygen atoms in total. The van der Waals surface area contributed by atoms with Gasteiger partial charge >= 0.3 is 0 Å². The molecule has 0 bridgehead atoms. The fourth-order valence-corrected chi connectivity index (χ4v) is 4.57. The van der Waals surface area contributed by atoms with E-state index < -0.39 is 0 Å². The van der Waals surface area contributed by atoms with Crippen molar-refractivity contribution in [3.63, 3.8) is 0 Å². The van der Waals surface area contributed by atoms with E-state index in [4.69, 9.17) is 0 Å². The number of rotatable bonds is 5. The van der Waals surface area contributed by atoms with Gasteiger partial charge in [0.1, 0.15) is 0 Å². The lowest BCUT2D eigenvalue weighted by Gasteiger charge is -2.39. The van der Waals surface area contributed by atoms with Crippen LogP contribution in [0.4, 0.5) is 0 Å². The van der Waals surface area contributed by atoms with Gasteiger partial charge in [0.2, 0.25) is 5.91 Å². The number of carbonyl (C=O) groups is 1. The summed E-state index contributed by atoms with van der Waals surface area (Å²) in [6, 6.07) is 4.18. The number of nitrogens with one attached hydrogen (secondary N) is 1. The number of carbonyl (C=O) groups excluding carboxylic acids is 1. The number of aromatic nitrogens is 1. The van der Waals surface area contributed by atoms with Crippen LogP contribution in [0.2, 0.25) is 0 Å². The van der Waals surface area contributed by atoms with Gasteiger partial charge in [0.15, 0.2) is 5.96 Å². The van der Waals surface area contributed by atoms with Crippen LogP contribution in [0.5, 0.6) is 0 Å². The molecule has 2 unspecified atom stereocenters. The largest absolute Gasteiger partial charge is 0.356 e. The van der Waals surface area contributed by atoms with Gasteiger partial charge in [-0.05, 0) is 43.2 Å². The Morgan fingerprint density at radius 3 is 2.39 bits per heavy atom. The Balaban J connectivity index is 0.00000341. The second-order valence-corrected chi connectivity index (χ2v) is 9.04. The summed E-state index contributed by atoms with van der Waals surface area (Å²) >= 11 is 0. The van der Waals surface area contributed by atoms with E-state index in [0.717, 1.165) is 63.9 Å². The molecular formula is C23H39IN6O. The number of hydrogen-bond donors (Lipinski definition) is 1. The molecule has 0 saturated carbocycles. The molecule has 1 aromatic heterocycles. The molecule has 1 amide bonds. The first-order valence-corrected chi connectivity index (χ1v) is 11.3. The number of piperazine rings is 1. The number of hydrogen-bond acceptors (Lipinski definition) is 4. The van der Waals surface area contributed by atoms with Crippen molar-refractivity contribution in [1.29, 1.82) is 0 Å². The number of amides is 1. The number of piperidine rings is 1. The zero-order valence-electron chi connectivity index (χ0n) is 19.5. The lowest BCUT2D eigenvalue weighted by Crippen LogP contribution is -2.55. The first-order chi connectivity index (χ1) is 14.4. The van der Waals surface area contributed by atoms with E-state index in [2.05, 4.69) is 56.0 Å². The van der Waals surface area contributed by atoms with Gasteiger partial charge in [-0.3, -0.25) is 19.7 Å². The normalized spacial score (nSPS) is 22.8. The van der Waals surface area contributed by atoms with Crippen molar-refractivity contribution in [2.24, 2.45) is 16.8 Å². The smallest absolute Gasteiger partial charge is 0.236 e. The fourth-order valence-electron chi connectivity index (χ4n) is 4.57. The first kappa shape index (κ1) is 25.8. The number of likely N-dealkylation sites (tertiary alicyclic amines) is 1. The quantitative estimate of drug-likeness (QED) is 0.352. The maximum absolute atomic E-state index is 12.8. The second kappa shape index (κ2) is 12.6. The fraction of sp³-hybridized carbons (Fsp3) is 0.696. The molecule has 174 valence electrons. The molecule has 31 heavy (non-hydrogen) atoms. The molecule has 2 aliphatic rings. The molecule has 1 N–H and O–H groups in total. The molecule has 2 fully saturated rings. The average molecular weight is 543 g/mol. The highest BCUT2D eigenvalue weighted by atomic mass is 127. The van der Waals surface area contributed by atoms with E-state index in [1.54, 1.807) is 0 Å². The maximum atomic E-state index is 12.8. The molecule has 2 atom stereocenters. The van der Waals surface area contributed by atoms with Crippen molar-refractivity contribution in [2.75, 3.05) is 59.4 Å². The Bertz CT molecular complexity index is 707. The van der Waals surface area contributed by atoms with Crippen molar-refractivity contribution in [2.45, 2.75) is 33.6 Å². The van der Waals surface area contributed by atoms with Gasteiger partial charge in [0.05, 0.1) is 6.54 Å². The number of pyridine rings is 1. The van der Waals surface area contributed by atoms with Crippen molar-refractivity contribution in [1.82, 2.24) is 25.0 Å². The summed E-state index contributed by atoms with van der Waals surface area (Å²) in [5, 5.41) is 3.47. The Morgan fingerprint density at radius 1 is 1.13 bits per heavy atom. The third-order valence-corrected chi connectivity index (χ3v) is 6.13. The number of aryl methyl sites for hydroxylation is 1. The summed E-state index contributed by atoms with van der Waals surface area (Å²) in [6.45, 7) is 13.3. The Morgan fingerprint density at radius 2 is 1.81 bits per heavy atom. The van der Waals surface area contributed by atoms with Gasteiger partial charge in [-0.2, -0.15) is 0 Å². The van der Waals surface area contributed by atoms with Gasteiger partial charge in [-0.1, -0.05) is 19.9 Å². The lowest BCUT2D eigenvalue weighted by molar-refractivity contribution is -0.135. The second-order valence-electron chi connectivity index (χ2n) is 9.04. The van der Waals surface area contributed by atoms with Crippen molar-refractivity contribution in [3.05, 3.63) is 29.6 Å². The molecule has 0 spiro atoms. The summed E-state index contributed by atoms with van der Waals surface area (Å²) in [6.07, 6.45) is 4.10. The third-order valence-electron chi connectivity index (χ3n) is 6.13. The van der Waals surface area contributed by atoms with Crippen LogP contribution in [0.3, 0.4) is 0 Å². The Labute approximate surface area is 204 Å². The van der Waals surface area contributed by atoms with E-state index in [-0.39, 0.29) is 29.9 Å². The molecule has 1 aromatic rings. The number of guanidine groups is 1. The molecule has 0 radical (unpaired) electrons. The highest BCUT2D eigenvalue weighted by Gasteiger charge is 2.27. The lowest BCUT2D eigenvalue weighted by atomic mass is 9.92. The monoisotopic (exact) mass is 542 g/mol. The minimum absolute atomic E-state index is 0. The summed E-state index contributed by atoms with van der Waals surface area (Å²) in [7, 11) is 1.84. The molecule has 2 aliphatic heterocycles. The summed E-state index contributed by atoms with van der Waals surface area (Å²) in [4.78, 5) is 28.2. The van der Waals surface area contributed by atoms with Crippen LogP contribution in [0.15, 0.2) is 23.3 Å². The third kappa shape index (κ3) is 7.89. The van der Waals surface area contributed by atoms with E-state index in [1.807, 2.05) is 20.2 Å². The molecule has 3 heterocycles. The van der Waals surface area contributed by atoms with E-state index in [1.165, 1.54) is 12.0 Å². The van der Waals surface area contributed by atoms with Gasteiger partial charge in [-0.25, -0.2) is 0 Å². The van der Waals surface area contributed by atoms with Crippen LogP contribution in [-0.2, 0) is 11.2 Å². The number of nitrogens with zero attached hydrogens (tertiary/aromatic N) is 5. The standard InChI is InChI=1S/C23H38N6O.HI/c1-18-13-19(2)16-29(15-18)22(30)17-27-9-11-28(12-10-27)23(24-4)25-8-7-21-6-5-20(3)26-14-21;/h5-6,14,18-19H,7-13,15-17H2,1-4H3,(H,24,25);1H. The average Bonchev–Trinajstić information content (AvgIpc) is 2.72. The molecule has 0 aliphatic carbocycles. The summed E-state index contributed by atoms with van der Waals surface area (Å²) in [5.74, 6) is 2.45. The van der Waals surface area contributed by atoms with Gasteiger partial charge in [-0.15, -0.1) is 24.0 Å². The number of aliphatic imine (C=N–C) groups is 1.